The molecule has 1 unspecified atom stereocenters. The van der Waals surface area contributed by atoms with Crippen LogP contribution in [0.25, 0.3) is 11.0 Å². The third-order valence-corrected chi connectivity index (χ3v) is 3.73. The van der Waals surface area contributed by atoms with Crippen LogP contribution in [-0.4, -0.2) is 22.9 Å². The maximum atomic E-state index is 5.38. The fourth-order valence-corrected chi connectivity index (χ4v) is 2.52. The van der Waals surface area contributed by atoms with E-state index < -0.39 is 0 Å². The molecule has 3 rings (SSSR count). The molecule has 1 aromatic heterocycles. The largest absolute Gasteiger partial charge is 0.495 e. The number of methoxy groups -OCH3 is 1. The van der Waals surface area contributed by atoms with Gasteiger partial charge in [-0.1, -0.05) is 25.1 Å². The second-order valence-corrected chi connectivity index (χ2v) is 5.31. The van der Waals surface area contributed by atoms with E-state index in [4.69, 9.17) is 4.74 Å². The minimum atomic E-state index is 0.483. The van der Waals surface area contributed by atoms with Gasteiger partial charge in [0.05, 0.1) is 24.4 Å². The van der Waals surface area contributed by atoms with Crippen molar-refractivity contribution >= 4 is 17.2 Å². The van der Waals surface area contributed by atoms with Crippen LogP contribution in [0.4, 0.5) is 0 Å². The third kappa shape index (κ3) is 2.61. The van der Waals surface area contributed by atoms with Crippen molar-refractivity contribution in [1.82, 2.24) is 9.55 Å². The molecule has 4 nitrogen and oxygen atoms in total. The molecular formula is C17H19N3O. The summed E-state index contributed by atoms with van der Waals surface area (Å²) in [5.74, 6) is 2.16. The Morgan fingerprint density at radius 3 is 2.95 bits per heavy atom. The number of imidazole rings is 1. The smallest absolute Gasteiger partial charge is 0.152 e. The molecule has 108 valence electrons. The number of rotatable bonds is 3. The molecule has 0 saturated heterocycles. The lowest BCUT2D eigenvalue weighted by Gasteiger charge is -2.15. The Kier molecular flexibility index (Phi) is 3.60. The number of hydrogen-bond acceptors (Lipinski definition) is 3. The van der Waals surface area contributed by atoms with Gasteiger partial charge in [0.2, 0.25) is 0 Å². The first kappa shape index (κ1) is 13.6. The van der Waals surface area contributed by atoms with Gasteiger partial charge in [-0.2, -0.15) is 0 Å². The molecule has 1 aliphatic carbocycles. The quantitative estimate of drug-likeness (QED) is 0.808. The zero-order chi connectivity index (χ0) is 14.8. The van der Waals surface area contributed by atoms with Crippen LogP contribution >= 0.6 is 0 Å². The summed E-state index contributed by atoms with van der Waals surface area (Å²) in [6.07, 6.45) is 7.02. The lowest BCUT2D eigenvalue weighted by molar-refractivity contribution is 0.294. The molecule has 1 aromatic carbocycles. The van der Waals surface area contributed by atoms with E-state index in [1.54, 1.807) is 13.3 Å². The first-order chi connectivity index (χ1) is 10.2. The molecule has 0 radical (unpaired) electrons. The summed E-state index contributed by atoms with van der Waals surface area (Å²) >= 11 is 0. The number of aliphatic imine (C=N–C) groups is 1. The molecule has 0 saturated carbocycles. The Bertz CT molecular complexity index is 752. The highest BCUT2D eigenvalue weighted by Crippen LogP contribution is 2.24. The van der Waals surface area contributed by atoms with Gasteiger partial charge in [0, 0.05) is 7.05 Å². The van der Waals surface area contributed by atoms with Crippen LogP contribution in [0.2, 0.25) is 0 Å². The zero-order valence-corrected chi connectivity index (χ0v) is 12.6. The minimum Gasteiger partial charge on any atom is -0.495 e. The molecule has 0 N–H and O–H groups in total. The first-order valence-corrected chi connectivity index (χ1v) is 7.11. The molecule has 21 heavy (non-hydrogen) atoms. The molecule has 0 aliphatic heterocycles. The van der Waals surface area contributed by atoms with Gasteiger partial charge >= 0.3 is 0 Å². The molecule has 0 fully saturated rings. The summed E-state index contributed by atoms with van der Waals surface area (Å²) in [5.41, 5.74) is 2.96. The van der Waals surface area contributed by atoms with Crippen molar-refractivity contribution in [2.24, 2.45) is 18.0 Å². The van der Waals surface area contributed by atoms with Crippen molar-refractivity contribution in [1.29, 1.82) is 0 Å². The van der Waals surface area contributed by atoms with Gasteiger partial charge in [-0.05, 0) is 30.5 Å². The molecule has 1 aliphatic rings. The van der Waals surface area contributed by atoms with Crippen molar-refractivity contribution in [3.05, 3.63) is 53.7 Å². The first-order valence-electron chi connectivity index (χ1n) is 7.11. The number of benzene rings is 1. The van der Waals surface area contributed by atoms with E-state index in [0.717, 1.165) is 34.7 Å². The topological polar surface area (TPSA) is 39.4 Å². The van der Waals surface area contributed by atoms with Gasteiger partial charge in [0.15, 0.2) is 5.82 Å². The van der Waals surface area contributed by atoms with Gasteiger partial charge in [0.1, 0.15) is 11.5 Å². The number of allylic oxidation sites excluding steroid dienone is 2. The van der Waals surface area contributed by atoms with Gasteiger partial charge in [-0.25, -0.2) is 9.98 Å². The lowest BCUT2D eigenvalue weighted by Crippen LogP contribution is -2.03. The fourth-order valence-electron chi connectivity index (χ4n) is 2.52. The predicted molar refractivity (Wildman–Crippen MR) is 85.3 cm³/mol. The highest BCUT2D eigenvalue weighted by molar-refractivity contribution is 5.85. The average molecular weight is 281 g/mol. The predicted octanol–water partition coefficient (Wildman–Crippen LogP) is 3.45. The summed E-state index contributed by atoms with van der Waals surface area (Å²) in [7, 11) is 3.68. The summed E-state index contributed by atoms with van der Waals surface area (Å²) < 4.78 is 7.43. The van der Waals surface area contributed by atoms with E-state index in [-0.39, 0.29) is 0 Å². The van der Waals surface area contributed by atoms with E-state index in [9.17, 15) is 0 Å². The summed E-state index contributed by atoms with van der Waals surface area (Å²) in [6, 6.07) is 8.08. The Labute approximate surface area is 124 Å². The maximum absolute atomic E-state index is 5.38. The van der Waals surface area contributed by atoms with Crippen LogP contribution in [0.1, 0.15) is 19.2 Å². The Balaban J connectivity index is 1.94. The van der Waals surface area contributed by atoms with Crippen LogP contribution in [0.5, 0.6) is 0 Å². The van der Waals surface area contributed by atoms with Crippen molar-refractivity contribution in [2.45, 2.75) is 13.3 Å². The fraction of sp³-hybridized carbons (Fsp3) is 0.294. The van der Waals surface area contributed by atoms with Gasteiger partial charge in [-0.3, -0.25) is 0 Å². The molecular weight excluding hydrogens is 262 g/mol. The minimum absolute atomic E-state index is 0.483. The average Bonchev–Trinajstić information content (AvgIpc) is 2.82. The molecule has 4 heteroatoms. The van der Waals surface area contributed by atoms with Gasteiger partial charge in [-0.15, -0.1) is 0 Å². The lowest BCUT2D eigenvalue weighted by atomic mass is 10.0. The number of para-hydroxylation sites is 2. The Morgan fingerprint density at radius 1 is 1.38 bits per heavy atom. The number of fused-ring (bicyclic) bond motifs is 1. The third-order valence-electron chi connectivity index (χ3n) is 3.73. The van der Waals surface area contributed by atoms with Crippen molar-refractivity contribution < 1.29 is 4.74 Å². The van der Waals surface area contributed by atoms with Crippen molar-refractivity contribution in [2.75, 3.05) is 7.11 Å². The van der Waals surface area contributed by atoms with E-state index in [1.807, 2.05) is 29.8 Å². The summed E-state index contributed by atoms with van der Waals surface area (Å²) in [4.78, 5) is 9.16. The molecule has 1 heterocycles. The van der Waals surface area contributed by atoms with Crippen LogP contribution in [0.3, 0.4) is 0 Å². The molecule has 2 aromatic rings. The molecule has 1 atom stereocenters. The zero-order valence-electron chi connectivity index (χ0n) is 12.6. The normalized spacial score (nSPS) is 18.9. The van der Waals surface area contributed by atoms with E-state index >= 15 is 0 Å². The van der Waals surface area contributed by atoms with E-state index in [2.05, 4.69) is 35.1 Å². The summed E-state index contributed by atoms with van der Waals surface area (Å²) in [6.45, 7) is 2.17. The highest BCUT2D eigenvalue weighted by Gasteiger charge is 2.12. The van der Waals surface area contributed by atoms with Crippen molar-refractivity contribution in [3.63, 3.8) is 0 Å². The van der Waals surface area contributed by atoms with Crippen LogP contribution in [0.15, 0.2) is 52.9 Å². The molecule has 0 spiro atoms. The van der Waals surface area contributed by atoms with Crippen molar-refractivity contribution in [3.8, 4) is 0 Å². The molecule has 0 amide bonds. The second-order valence-electron chi connectivity index (χ2n) is 5.31. The standard InChI is InChI=1S/C17H19N3O/c1-12-8-9-16(21-3)14(10-12)18-11-17-19-13-6-4-5-7-15(13)20(17)2/h4-7,9-12H,8H2,1-3H3. The van der Waals surface area contributed by atoms with Crippen LogP contribution in [0, 0.1) is 5.92 Å². The number of aromatic nitrogens is 2. The number of ether oxygens (including phenoxy) is 1. The number of hydrogen-bond donors (Lipinski definition) is 0. The van der Waals surface area contributed by atoms with E-state index in [0.29, 0.717) is 5.92 Å². The van der Waals surface area contributed by atoms with E-state index in [1.165, 1.54) is 0 Å². The van der Waals surface area contributed by atoms with Crippen LogP contribution in [-0.2, 0) is 11.8 Å². The number of nitrogens with zero attached hydrogens (tertiary/aromatic N) is 3. The molecule has 0 bridgehead atoms. The Hall–Kier alpha value is -2.36. The van der Waals surface area contributed by atoms with Crippen LogP contribution < -0.4 is 0 Å². The maximum Gasteiger partial charge on any atom is 0.152 e. The monoisotopic (exact) mass is 281 g/mol. The second kappa shape index (κ2) is 5.56. The Morgan fingerprint density at radius 2 is 2.19 bits per heavy atom. The van der Waals surface area contributed by atoms with Gasteiger partial charge < -0.3 is 9.30 Å². The SMILES string of the molecule is COC1=CCC(C)C=C1N=Cc1nc2ccccc2n1C. The highest BCUT2D eigenvalue weighted by atomic mass is 16.5. The summed E-state index contributed by atoms with van der Waals surface area (Å²) in [5, 5.41) is 0. The number of aryl methyl sites for hydroxylation is 1. The van der Waals surface area contributed by atoms with Gasteiger partial charge in [0.25, 0.3) is 0 Å².